The number of nitrogens with zero attached hydrogens (tertiary/aromatic N) is 4. The molecule has 0 aromatic carbocycles. The van der Waals surface area contributed by atoms with Gasteiger partial charge in [-0.15, -0.1) is 11.3 Å². The number of fused-ring (bicyclic) bond motifs is 1. The molecule has 0 saturated carbocycles. The molecule has 130 valence electrons. The Balaban J connectivity index is 1.35. The molecule has 2 amide bonds. The van der Waals surface area contributed by atoms with E-state index in [0.29, 0.717) is 37.6 Å². The van der Waals surface area contributed by atoms with Crippen molar-refractivity contribution >= 4 is 23.2 Å². The van der Waals surface area contributed by atoms with Crippen LogP contribution >= 0.6 is 11.3 Å². The van der Waals surface area contributed by atoms with E-state index >= 15 is 0 Å². The van der Waals surface area contributed by atoms with Crippen LogP contribution in [0.4, 0.5) is 0 Å². The van der Waals surface area contributed by atoms with Crippen molar-refractivity contribution in [3.63, 3.8) is 0 Å². The lowest BCUT2D eigenvalue weighted by atomic mass is 9.93. The first kappa shape index (κ1) is 16.1. The summed E-state index contributed by atoms with van der Waals surface area (Å²) in [6, 6.07) is 0. The number of aromatic nitrogens is 3. The topological polar surface area (TPSA) is 97.3 Å². The molecule has 8 nitrogen and oxygen atoms in total. The minimum atomic E-state index is -0.171. The lowest BCUT2D eigenvalue weighted by Gasteiger charge is -2.19. The molecule has 2 aromatic heterocycles. The van der Waals surface area contributed by atoms with Crippen molar-refractivity contribution in [2.24, 2.45) is 11.8 Å². The smallest absolute Gasteiger partial charge is 0.274 e. The van der Waals surface area contributed by atoms with Gasteiger partial charge in [0.15, 0.2) is 0 Å². The SMILES string of the molecule is O=C(NC[C@H]1CO[C@@H]2CN(C(=O)c3cnccn3)C[C@H]12)c1cscn1. The average molecular weight is 359 g/mol. The van der Waals surface area contributed by atoms with E-state index in [-0.39, 0.29) is 29.8 Å². The average Bonchev–Trinajstić information content (AvgIpc) is 3.37. The highest BCUT2D eigenvalue weighted by atomic mass is 32.1. The van der Waals surface area contributed by atoms with Crippen LogP contribution in [0.3, 0.4) is 0 Å². The molecule has 2 aliphatic rings. The molecular formula is C16H17N5O3S. The number of hydrogen-bond acceptors (Lipinski definition) is 7. The summed E-state index contributed by atoms with van der Waals surface area (Å²) >= 11 is 1.39. The summed E-state index contributed by atoms with van der Waals surface area (Å²) in [6.45, 7) is 2.28. The third-order valence-corrected chi connectivity index (χ3v) is 5.28. The second-order valence-electron chi connectivity index (χ2n) is 6.18. The van der Waals surface area contributed by atoms with Gasteiger partial charge in [-0.05, 0) is 0 Å². The van der Waals surface area contributed by atoms with Gasteiger partial charge in [0.2, 0.25) is 0 Å². The molecule has 0 aliphatic carbocycles. The number of likely N-dealkylation sites (tertiary alicyclic amines) is 1. The quantitative estimate of drug-likeness (QED) is 0.851. The van der Waals surface area contributed by atoms with Gasteiger partial charge in [0.25, 0.3) is 11.8 Å². The summed E-state index contributed by atoms with van der Waals surface area (Å²) in [7, 11) is 0. The molecule has 4 heterocycles. The Labute approximate surface area is 148 Å². The standard InChI is InChI=1S/C16H17N5O3S/c22-15(13-8-25-9-20-13)19-3-10-7-24-14-6-21(5-11(10)14)16(23)12-4-17-1-2-18-12/h1-2,4,8-11,14H,3,5-7H2,(H,19,22)/t10-,11+,14+/m0/s1. The molecule has 1 N–H and O–H groups in total. The molecule has 9 heteroatoms. The predicted octanol–water partition coefficient (Wildman–Crippen LogP) is 0.450. The highest BCUT2D eigenvalue weighted by Gasteiger charge is 2.45. The molecule has 2 saturated heterocycles. The summed E-state index contributed by atoms with van der Waals surface area (Å²) in [4.78, 5) is 38.3. The molecule has 0 unspecified atom stereocenters. The lowest BCUT2D eigenvalue weighted by Crippen LogP contribution is -2.35. The van der Waals surface area contributed by atoms with E-state index in [1.165, 1.54) is 23.7 Å². The van der Waals surface area contributed by atoms with E-state index in [2.05, 4.69) is 20.3 Å². The molecule has 2 aliphatic heterocycles. The first-order valence-electron chi connectivity index (χ1n) is 8.05. The summed E-state index contributed by atoms with van der Waals surface area (Å²) in [5, 5.41) is 4.64. The third-order valence-electron chi connectivity index (χ3n) is 4.70. The van der Waals surface area contributed by atoms with Crippen LogP contribution < -0.4 is 5.32 Å². The molecule has 0 radical (unpaired) electrons. The monoisotopic (exact) mass is 359 g/mol. The van der Waals surface area contributed by atoms with Gasteiger partial charge in [-0.1, -0.05) is 0 Å². The van der Waals surface area contributed by atoms with E-state index in [1.54, 1.807) is 22.0 Å². The van der Waals surface area contributed by atoms with E-state index in [4.69, 9.17) is 4.74 Å². The Bertz CT molecular complexity index is 754. The van der Waals surface area contributed by atoms with Crippen LogP contribution in [0.5, 0.6) is 0 Å². The van der Waals surface area contributed by atoms with Gasteiger partial charge in [-0.25, -0.2) is 9.97 Å². The predicted molar refractivity (Wildman–Crippen MR) is 89.1 cm³/mol. The fourth-order valence-corrected chi connectivity index (χ4v) is 3.92. The van der Waals surface area contributed by atoms with Crippen LogP contribution in [0.2, 0.25) is 0 Å². The number of rotatable bonds is 4. The van der Waals surface area contributed by atoms with Crippen molar-refractivity contribution in [1.29, 1.82) is 0 Å². The van der Waals surface area contributed by atoms with Gasteiger partial charge in [-0.2, -0.15) is 0 Å². The van der Waals surface area contributed by atoms with Crippen molar-refractivity contribution in [2.45, 2.75) is 6.10 Å². The van der Waals surface area contributed by atoms with Gasteiger partial charge >= 0.3 is 0 Å². The second-order valence-corrected chi connectivity index (χ2v) is 6.90. The number of carbonyl (C=O) groups is 2. The van der Waals surface area contributed by atoms with Crippen LogP contribution in [-0.4, -0.2) is 64.0 Å². The number of ether oxygens (including phenoxy) is 1. The fraction of sp³-hybridized carbons (Fsp3) is 0.438. The maximum atomic E-state index is 12.5. The van der Waals surface area contributed by atoms with Gasteiger partial charge in [0.1, 0.15) is 11.4 Å². The van der Waals surface area contributed by atoms with Gasteiger partial charge in [0.05, 0.1) is 24.4 Å². The van der Waals surface area contributed by atoms with Gasteiger partial charge in [-0.3, -0.25) is 14.6 Å². The van der Waals surface area contributed by atoms with Crippen LogP contribution in [0.25, 0.3) is 0 Å². The van der Waals surface area contributed by atoms with Crippen molar-refractivity contribution < 1.29 is 14.3 Å². The fourth-order valence-electron chi connectivity index (χ4n) is 3.39. The highest BCUT2D eigenvalue weighted by Crippen LogP contribution is 2.33. The second kappa shape index (κ2) is 6.85. The number of hydrogen-bond donors (Lipinski definition) is 1. The van der Waals surface area contributed by atoms with Crippen molar-refractivity contribution in [3.05, 3.63) is 40.9 Å². The van der Waals surface area contributed by atoms with E-state index < -0.39 is 0 Å². The van der Waals surface area contributed by atoms with Crippen molar-refractivity contribution in [2.75, 3.05) is 26.2 Å². The Kier molecular flexibility index (Phi) is 4.41. The number of carbonyl (C=O) groups excluding carboxylic acids is 2. The molecular weight excluding hydrogens is 342 g/mol. The van der Waals surface area contributed by atoms with E-state index in [9.17, 15) is 9.59 Å². The minimum Gasteiger partial charge on any atom is -0.376 e. The summed E-state index contributed by atoms with van der Waals surface area (Å²) in [6.07, 6.45) is 4.54. The number of thiazole rings is 1. The van der Waals surface area contributed by atoms with E-state index in [1.807, 2.05) is 0 Å². The number of amides is 2. The maximum absolute atomic E-state index is 12.5. The minimum absolute atomic E-state index is 0.0156. The largest absolute Gasteiger partial charge is 0.376 e. The van der Waals surface area contributed by atoms with Crippen LogP contribution in [-0.2, 0) is 4.74 Å². The Hall–Kier alpha value is -2.39. The molecule has 25 heavy (non-hydrogen) atoms. The van der Waals surface area contributed by atoms with Crippen LogP contribution in [0, 0.1) is 11.8 Å². The normalized spacial score (nSPS) is 25.0. The first-order valence-corrected chi connectivity index (χ1v) is 9.00. The molecule has 2 aromatic rings. The highest BCUT2D eigenvalue weighted by molar-refractivity contribution is 7.07. The van der Waals surface area contributed by atoms with E-state index in [0.717, 1.165) is 0 Å². The summed E-state index contributed by atoms with van der Waals surface area (Å²) in [5.41, 5.74) is 2.42. The molecule has 0 bridgehead atoms. The summed E-state index contributed by atoms with van der Waals surface area (Å²) < 4.78 is 5.83. The Morgan fingerprint density at radius 1 is 1.28 bits per heavy atom. The lowest BCUT2D eigenvalue weighted by molar-refractivity contribution is 0.0669. The molecule has 4 rings (SSSR count). The zero-order valence-electron chi connectivity index (χ0n) is 13.4. The van der Waals surface area contributed by atoms with Gasteiger partial charge in [0, 0.05) is 49.2 Å². The first-order chi connectivity index (χ1) is 12.2. The molecule has 0 spiro atoms. The van der Waals surface area contributed by atoms with Crippen molar-refractivity contribution in [3.8, 4) is 0 Å². The zero-order valence-corrected chi connectivity index (χ0v) is 14.2. The van der Waals surface area contributed by atoms with Crippen LogP contribution in [0.1, 0.15) is 21.0 Å². The number of nitrogens with one attached hydrogen (secondary N) is 1. The molecule has 2 fully saturated rings. The Morgan fingerprint density at radius 2 is 2.20 bits per heavy atom. The zero-order chi connectivity index (χ0) is 17.2. The van der Waals surface area contributed by atoms with Crippen molar-refractivity contribution in [1.82, 2.24) is 25.2 Å². The Morgan fingerprint density at radius 3 is 2.96 bits per heavy atom. The van der Waals surface area contributed by atoms with Gasteiger partial charge < -0.3 is 15.0 Å². The maximum Gasteiger partial charge on any atom is 0.274 e. The summed E-state index contributed by atoms with van der Waals surface area (Å²) in [5.74, 6) is 0.107. The van der Waals surface area contributed by atoms with Crippen LogP contribution in [0.15, 0.2) is 29.5 Å². The molecule has 3 atom stereocenters. The third kappa shape index (κ3) is 3.24.